The van der Waals surface area contributed by atoms with E-state index in [1.807, 2.05) is 19.2 Å². The average molecular weight is 1760 g/mol. The normalized spacial score (nSPS) is 15.0. The van der Waals surface area contributed by atoms with Gasteiger partial charge in [0.2, 0.25) is 82.7 Å². The van der Waals surface area contributed by atoms with Gasteiger partial charge in [-0.1, -0.05) is 44.2 Å². The number of aliphatic hydroxyl groups is 2. The summed E-state index contributed by atoms with van der Waals surface area (Å²) in [5.74, 6) is -22.0. The molecule has 676 valence electrons. The van der Waals surface area contributed by atoms with Gasteiger partial charge in [0.05, 0.1) is 61.7 Å². The lowest BCUT2D eigenvalue weighted by atomic mass is 10.0. The SMILES string of the molecule is CC(C)C[C@H](N)C(=O)NCC(=O)N[C@@H](CCCNC(=N)N)C(=O)N[C@@H](Cc1ccccc1)C(=O)N[C@@H](CCCCN)C(=O)N[C@@H](Cc1c[nH]cn1)C(=O)N[C@H](C(=O)N[C@@H](CC(=O)O)C(=O)N[C@@H](C)C(=O)N[C@@H](CS)C(=O)N[C@@H](CS)C(=O)N[C@@H](CCCNC(=N)N)C(=O)N[C@H](C(=O)N[C@@H](Cc1c[nH]cn1)C(=O)N[C@@H](CC(=O)O)C(=O)O)[C@@H](C)O)[C@@H](C)O. The van der Waals surface area contributed by atoms with E-state index < -0.39 is 247 Å². The van der Waals surface area contributed by atoms with Crippen molar-refractivity contribution in [1.82, 2.24) is 105 Å². The lowest BCUT2D eigenvalue weighted by molar-refractivity contribution is -0.147. The second-order valence-corrected chi connectivity index (χ2v) is 29.4. The molecule has 33 N–H and O–H groups in total. The zero-order valence-electron chi connectivity index (χ0n) is 67.7. The molecule has 0 unspecified atom stereocenters. The van der Waals surface area contributed by atoms with E-state index in [1.54, 1.807) is 30.3 Å². The lowest BCUT2D eigenvalue weighted by Gasteiger charge is -2.28. The number of nitrogens with two attached hydrogens (primary N) is 4. The number of aromatic nitrogens is 4. The third-order valence-corrected chi connectivity index (χ3v) is 18.7. The number of carboxylic acids is 3. The van der Waals surface area contributed by atoms with Crippen LogP contribution in [0.25, 0.3) is 0 Å². The first kappa shape index (κ1) is 104. The number of imidazole rings is 2. The highest BCUT2D eigenvalue weighted by Gasteiger charge is 2.40. The molecule has 0 saturated carbocycles. The zero-order chi connectivity index (χ0) is 91.5. The molecule has 0 bridgehead atoms. The molecule has 0 aliphatic carbocycles. The van der Waals surface area contributed by atoms with Crippen molar-refractivity contribution in [2.24, 2.45) is 28.9 Å². The van der Waals surface area contributed by atoms with E-state index in [9.17, 15) is 107 Å². The molecular weight excluding hydrogens is 1650 g/mol. The predicted octanol–water partition coefficient (Wildman–Crippen LogP) is -9.72. The van der Waals surface area contributed by atoms with E-state index in [1.165, 1.54) is 25.0 Å². The fraction of sp³-hybridized carbons (Fsp3) is 0.569. The van der Waals surface area contributed by atoms with Crippen LogP contribution in [0.4, 0.5) is 0 Å². The minimum Gasteiger partial charge on any atom is -0.481 e. The molecule has 3 aromatic rings. The topological polar surface area (TPSA) is 793 Å². The summed E-state index contributed by atoms with van der Waals surface area (Å²) < 4.78 is 0. The monoisotopic (exact) mass is 1760 g/mol. The maximum atomic E-state index is 14.7. The van der Waals surface area contributed by atoms with E-state index >= 15 is 0 Å². The highest BCUT2D eigenvalue weighted by atomic mass is 32.1. The van der Waals surface area contributed by atoms with Gasteiger partial charge in [-0.2, -0.15) is 25.3 Å². The van der Waals surface area contributed by atoms with Gasteiger partial charge >= 0.3 is 17.9 Å². The summed E-state index contributed by atoms with van der Waals surface area (Å²) in [6.45, 7) is 6.46. The van der Waals surface area contributed by atoms with E-state index in [4.69, 9.17) is 33.8 Å². The number of H-pyrrole nitrogens is 2. The molecule has 16 atom stereocenters. The van der Waals surface area contributed by atoms with E-state index in [2.05, 4.69) is 125 Å². The first-order valence-corrected chi connectivity index (χ1v) is 39.9. The molecule has 14 amide bonds. The number of carbonyl (C=O) groups excluding carboxylic acids is 14. The van der Waals surface area contributed by atoms with Crippen LogP contribution in [0.15, 0.2) is 55.4 Å². The van der Waals surface area contributed by atoms with E-state index in [-0.39, 0.29) is 87.8 Å². The number of rotatable bonds is 57. The minimum atomic E-state index is -2.10. The highest BCUT2D eigenvalue weighted by Crippen LogP contribution is 2.13. The van der Waals surface area contributed by atoms with Gasteiger partial charge in [-0.05, 0) is 90.2 Å². The number of amides is 14. The molecule has 3 rings (SSSR count). The Hall–Kier alpha value is -12.3. The number of nitrogens with one attached hydrogen (secondary N) is 20. The lowest BCUT2D eigenvalue weighted by Crippen LogP contribution is -2.62. The second kappa shape index (κ2) is 54.1. The fourth-order valence-corrected chi connectivity index (χ4v) is 12.0. The summed E-state index contributed by atoms with van der Waals surface area (Å²) in [5, 5.41) is 104. The van der Waals surface area contributed by atoms with E-state index in [0.717, 1.165) is 20.8 Å². The Morgan fingerprint density at radius 1 is 0.434 bits per heavy atom. The van der Waals surface area contributed by atoms with Crippen LogP contribution in [0.1, 0.15) is 116 Å². The molecule has 48 nitrogen and oxygen atoms in total. The Bertz CT molecular complexity index is 4020. The molecule has 2 heterocycles. The Labute approximate surface area is 711 Å². The van der Waals surface area contributed by atoms with Crippen molar-refractivity contribution >= 4 is 138 Å². The number of aromatic amines is 2. The van der Waals surface area contributed by atoms with Crippen LogP contribution in [0.2, 0.25) is 0 Å². The van der Waals surface area contributed by atoms with Crippen LogP contribution in [-0.4, -0.2) is 292 Å². The van der Waals surface area contributed by atoms with E-state index in [0.29, 0.717) is 18.4 Å². The average Bonchev–Trinajstić information content (AvgIpc) is 1.06. The summed E-state index contributed by atoms with van der Waals surface area (Å²) in [5.41, 5.74) is 23.5. The number of benzene rings is 1. The van der Waals surface area contributed by atoms with Crippen LogP contribution in [0, 0.1) is 16.7 Å². The van der Waals surface area contributed by atoms with Crippen molar-refractivity contribution in [2.75, 3.05) is 37.7 Å². The molecule has 0 radical (unpaired) electrons. The standard InChI is InChI=1S/C72H114N26O22S2/c1-34(2)21-41(74)58(107)83-29-52(101)87-42(16-11-19-81-71(75)76)59(108)90-45(22-38-13-7-6-8-14-38)63(112)88-43(15-9-10-18-73)60(109)91-47(24-40-28-80-33-85-40)65(114)98-56(37(5)100)69(118)93-48(25-53(102)103)62(111)86-35(3)57(106)95-50(30-121)67(116)96-51(31-122)66(115)89-44(17-12-20-82-72(77)78)61(110)97-55(36(4)99)68(117)92-46(23-39-27-79-32-84-39)64(113)94-49(70(119)120)26-54(104)105/h6-8,13-14,27-28,32-37,41-51,55-56,99-100,121-122H,9-12,15-26,29-31,73-74H2,1-5H3,(H,79,84)(H,80,85)(H,83,107)(H,86,111)(H,87,101)(H,88,112)(H,89,115)(H,90,108)(H,91,109)(H,92,117)(H,93,118)(H,94,113)(H,95,106)(H,96,116)(H,97,110)(H,98,114)(H,102,103)(H,104,105)(H,119,120)(H4,75,76,81)(H4,77,78,82)/t35-,36+,37+,41-,42-,43-,44-,45-,46-,47-,48-,49-,50-,51-,55-,56-/m0/s1. The van der Waals surface area contributed by atoms with Gasteiger partial charge in [0.15, 0.2) is 11.9 Å². The fourth-order valence-electron chi connectivity index (χ4n) is 11.5. The smallest absolute Gasteiger partial charge is 0.326 e. The summed E-state index contributed by atoms with van der Waals surface area (Å²) in [4.78, 5) is 244. The number of hydrogen-bond acceptors (Lipinski definition) is 27. The van der Waals surface area contributed by atoms with Crippen molar-refractivity contribution in [3.8, 4) is 0 Å². The third kappa shape index (κ3) is 38.8. The molecule has 0 fully saturated rings. The third-order valence-electron chi connectivity index (χ3n) is 18.0. The van der Waals surface area contributed by atoms with Crippen molar-refractivity contribution in [3.05, 3.63) is 72.3 Å². The number of thiol groups is 2. The van der Waals surface area contributed by atoms with Crippen molar-refractivity contribution in [3.63, 3.8) is 0 Å². The molecular formula is C72H114N26O22S2. The number of aliphatic carboxylic acids is 3. The maximum Gasteiger partial charge on any atom is 0.326 e. The molecule has 1 aromatic carbocycles. The first-order valence-electron chi connectivity index (χ1n) is 38.6. The Balaban J connectivity index is 1.86. The van der Waals surface area contributed by atoms with Crippen molar-refractivity contribution in [2.45, 2.75) is 215 Å². The molecule has 0 spiro atoms. The van der Waals surface area contributed by atoms with Crippen molar-refractivity contribution < 1.29 is 107 Å². The largest absolute Gasteiger partial charge is 0.481 e. The number of hydrogen-bond donors (Lipinski definition) is 31. The number of unbranched alkanes of at least 4 members (excludes halogenated alkanes) is 1. The predicted molar refractivity (Wildman–Crippen MR) is 440 cm³/mol. The van der Waals surface area contributed by atoms with Gasteiger partial charge in [-0.25, -0.2) is 14.8 Å². The van der Waals surface area contributed by atoms with Gasteiger partial charge in [0, 0.05) is 56.3 Å². The second-order valence-electron chi connectivity index (χ2n) is 28.7. The molecule has 2 aromatic heterocycles. The Morgan fingerprint density at radius 3 is 1.22 bits per heavy atom. The van der Waals surface area contributed by atoms with Gasteiger partial charge < -0.3 is 144 Å². The van der Waals surface area contributed by atoms with Crippen LogP contribution in [-0.2, 0) is 101 Å². The number of aliphatic hydroxyl groups excluding tert-OH is 2. The van der Waals surface area contributed by atoms with Gasteiger partial charge in [-0.3, -0.25) is 87.5 Å². The van der Waals surface area contributed by atoms with Gasteiger partial charge in [0.1, 0.15) is 78.5 Å². The number of carbonyl (C=O) groups is 17. The molecule has 0 aliphatic heterocycles. The number of nitrogens with zero attached hydrogens (tertiary/aromatic N) is 2. The molecule has 122 heavy (non-hydrogen) atoms. The number of carboxylic acid groups (broad SMARTS) is 3. The van der Waals surface area contributed by atoms with Crippen LogP contribution in [0.3, 0.4) is 0 Å². The summed E-state index contributed by atoms with van der Waals surface area (Å²) in [6.07, 6.45) is -1.39. The Morgan fingerprint density at radius 2 is 0.803 bits per heavy atom. The highest BCUT2D eigenvalue weighted by molar-refractivity contribution is 7.80. The van der Waals surface area contributed by atoms with Crippen molar-refractivity contribution in [1.29, 1.82) is 10.8 Å². The number of guanidine groups is 2. The first-order chi connectivity index (χ1) is 57.6. The zero-order valence-corrected chi connectivity index (χ0v) is 69.5. The summed E-state index contributed by atoms with van der Waals surface area (Å²) >= 11 is 8.34. The quantitative estimate of drug-likeness (QED) is 0.0108. The van der Waals surface area contributed by atoms with Crippen LogP contribution >= 0.6 is 25.3 Å². The summed E-state index contributed by atoms with van der Waals surface area (Å²) in [7, 11) is 0. The molecule has 50 heteroatoms. The molecule has 0 saturated heterocycles. The Kier molecular flexibility index (Phi) is 46.1. The van der Waals surface area contributed by atoms with Gasteiger partial charge in [0.25, 0.3) is 0 Å². The molecule has 0 aliphatic rings. The van der Waals surface area contributed by atoms with Crippen LogP contribution in [0.5, 0.6) is 0 Å². The summed E-state index contributed by atoms with van der Waals surface area (Å²) in [6, 6.07) is -15.1. The minimum absolute atomic E-state index is 0.0305. The maximum absolute atomic E-state index is 14.7. The van der Waals surface area contributed by atoms with Crippen LogP contribution < -0.4 is 108 Å². The van der Waals surface area contributed by atoms with Gasteiger partial charge in [-0.15, -0.1) is 0 Å².